The van der Waals surface area contributed by atoms with Crippen molar-refractivity contribution in [1.82, 2.24) is 15.2 Å². The van der Waals surface area contributed by atoms with Gasteiger partial charge >= 0.3 is 0 Å². The first kappa shape index (κ1) is 12.0. The second-order valence-electron chi connectivity index (χ2n) is 3.14. The number of hydrogen-bond donors (Lipinski definition) is 2. The van der Waals surface area contributed by atoms with Gasteiger partial charge in [-0.25, -0.2) is 23.0 Å². The monoisotopic (exact) mass is 276 g/mol. The van der Waals surface area contributed by atoms with E-state index in [9.17, 15) is 12.8 Å². The van der Waals surface area contributed by atoms with Gasteiger partial charge in [0, 0.05) is 5.56 Å². The van der Waals surface area contributed by atoms with Gasteiger partial charge in [0.15, 0.2) is 5.82 Å². The number of halogens is 2. The molecule has 0 bridgehead atoms. The molecule has 0 saturated heterocycles. The lowest BCUT2D eigenvalue weighted by Crippen LogP contribution is -2.13. The summed E-state index contributed by atoms with van der Waals surface area (Å²) in [5.41, 5.74) is 0.377. The molecule has 0 aliphatic carbocycles. The molecule has 0 saturated carbocycles. The number of aromatic amines is 1. The van der Waals surface area contributed by atoms with E-state index >= 15 is 0 Å². The van der Waals surface area contributed by atoms with E-state index in [1.54, 1.807) is 0 Å². The molecule has 0 atom stereocenters. The Labute approximate surface area is 101 Å². The molecule has 0 aliphatic heterocycles. The van der Waals surface area contributed by atoms with Crippen molar-refractivity contribution in [3.8, 4) is 11.4 Å². The Morgan fingerprint density at radius 3 is 2.65 bits per heavy atom. The number of benzene rings is 1. The summed E-state index contributed by atoms with van der Waals surface area (Å²) in [5.74, 6) is -0.520. The molecule has 0 radical (unpaired) electrons. The first-order valence-corrected chi connectivity index (χ1v) is 6.21. The van der Waals surface area contributed by atoms with Crippen molar-refractivity contribution < 1.29 is 12.8 Å². The van der Waals surface area contributed by atoms with Gasteiger partial charge in [0.05, 0.1) is 5.02 Å². The average molecular weight is 277 g/mol. The predicted octanol–water partition coefficient (Wildman–Crippen LogP) is 0.912. The van der Waals surface area contributed by atoms with Crippen LogP contribution in [0.2, 0.25) is 5.02 Å². The minimum atomic E-state index is -3.94. The highest BCUT2D eigenvalue weighted by atomic mass is 35.5. The smallest absolute Gasteiger partial charge is 0.248 e. The van der Waals surface area contributed by atoms with E-state index in [-0.39, 0.29) is 10.8 Å². The van der Waals surface area contributed by atoms with Crippen molar-refractivity contribution in [3.05, 3.63) is 29.0 Å². The Morgan fingerprint density at radius 1 is 1.41 bits per heavy atom. The molecular formula is C8H6ClFN4O2S. The lowest BCUT2D eigenvalue weighted by atomic mass is 10.2. The van der Waals surface area contributed by atoms with Crippen LogP contribution in [0.15, 0.2) is 23.4 Å². The van der Waals surface area contributed by atoms with Crippen LogP contribution in [0.5, 0.6) is 0 Å². The van der Waals surface area contributed by atoms with E-state index in [4.69, 9.17) is 16.7 Å². The molecular weight excluding hydrogens is 271 g/mol. The van der Waals surface area contributed by atoms with Crippen LogP contribution in [-0.4, -0.2) is 23.6 Å². The van der Waals surface area contributed by atoms with Crippen LogP contribution in [0.1, 0.15) is 0 Å². The maximum atomic E-state index is 12.9. The van der Waals surface area contributed by atoms with Crippen molar-refractivity contribution in [2.24, 2.45) is 5.14 Å². The summed E-state index contributed by atoms with van der Waals surface area (Å²) in [6, 6.07) is 3.79. The molecule has 90 valence electrons. The highest BCUT2D eigenvalue weighted by molar-refractivity contribution is 7.89. The summed E-state index contributed by atoms with van der Waals surface area (Å²) >= 11 is 5.58. The highest BCUT2D eigenvalue weighted by Crippen LogP contribution is 2.22. The van der Waals surface area contributed by atoms with E-state index in [2.05, 4.69) is 15.2 Å². The highest BCUT2D eigenvalue weighted by Gasteiger charge is 2.15. The number of rotatable bonds is 2. The van der Waals surface area contributed by atoms with Crippen molar-refractivity contribution in [1.29, 1.82) is 0 Å². The number of H-pyrrole nitrogens is 1. The normalized spacial score (nSPS) is 11.7. The number of nitrogens with one attached hydrogen (secondary N) is 1. The number of nitrogens with two attached hydrogens (primary N) is 1. The van der Waals surface area contributed by atoms with E-state index in [0.29, 0.717) is 5.56 Å². The Hall–Kier alpha value is -1.51. The lowest BCUT2D eigenvalue weighted by Gasteiger charge is -1.96. The van der Waals surface area contributed by atoms with Crippen molar-refractivity contribution in [3.63, 3.8) is 0 Å². The van der Waals surface area contributed by atoms with Gasteiger partial charge in [-0.1, -0.05) is 11.6 Å². The van der Waals surface area contributed by atoms with Crippen molar-refractivity contribution >= 4 is 21.6 Å². The Bertz CT molecular complexity index is 670. The fraction of sp³-hybridized carbons (Fsp3) is 0. The molecule has 1 aromatic carbocycles. The van der Waals surface area contributed by atoms with E-state index in [1.807, 2.05) is 0 Å². The number of hydrogen-bond acceptors (Lipinski definition) is 4. The predicted molar refractivity (Wildman–Crippen MR) is 58.2 cm³/mol. The summed E-state index contributed by atoms with van der Waals surface area (Å²) in [6.45, 7) is 0. The van der Waals surface area contributed by atoms with Gasteiger partial charge in [0.1, 0.15) is 5.82 Å². The van der Waals surface area contributed by atoms with Gasteiger partial charge in [-0.05, 0) is 18.2 Å². The summed E-state index contributed by atoms with van der Waals surface area (Å²) < 4.78 is 34.8. The van der Waals surface area contributed by atoms with Gasteiger partial charge in [0.25, 0.3) is 15.2 Å². The van der Waals surface area contributed by atoms with E-state index < -0.39 is 21.0 Å². The molecule has 0 spiro atoms. The second kappa shape index (κ2) is 4.06. The van der Waals surface area contributed by atoms with Crippen LogP contribution in [0, 0.1) is 5.82 Å². The summed E-state index contributed by atoms with van der Waals surface area (Å²) in [7, 11) is -3.94. The maximum absolute atomic E-state index is 12.9. The van der Waals surface area contributed by atoms with Gasteiger partial charge < -0.3 is 0 Å². The van der Waals surface area contributed by atoms with Crippen LogP contribution in [0.25, 0.3) is 11.4 Å². The molecule has 6 nitrogen and oxygen atoms in total. The van der Waals surface area contributed by atoms with E-state index in [1.165, 1.54) is 12.1 Å². The molecule has 9 heteroatoms. The van der Waals surface area contributed by atoms with Gasteiger partial charge in [-0.15, -0.1) is 0 Å². The van der Waals surface area contributed by atoms with Crippen LogP contribution < -0.4 is 5.14 Å². The first-order chi connectivity index (χ1) is 7.88. The third-order valence-corrected chi connectivity index (χ3v) is 2.92. The minimum Gasteiger partial charge on any atom is -0.248 e. The standard InChI is InChI=1S/C8H6ClFN4O2S/c9-5-3-4(1-2-6(5)10)7-12-8(14-13-7)17(11,15)16/h1-3H,(H2,11,15,16)(H,12,13,14). The van der Waals surface area contributed by atoms with Crippen LogP contribution in [0.4, 0.5) is 4.39 Å². The molecule has 2 aromatic rings. The third-order valence-electron chi connectivity index (χ3n) is 1.91. The zero-order valence-corrected chi connectivity index (χ0v) is 9.76. The Morgan fingerprint density at radius 2 is 2.12 bits per heavy atom. The quantitative estimate of drug-likeness (QED) is 0.851. The second-order valence-corrected chi connectivity index (χ2v) is 5.02. The zero-order chi connectivity index (χ0) is 12.6. The summed E-state index contributed by atoms with van der Waals surface area (Å²) in [4.78, 5) is 3.66. The SMILES string of the molecule is NS(=O)(=O)c1nc(-c2ccc(F)c(Cl)c2)n[nH]1. The number of primary sulfonamides is 1. The van der Waals surface area contributed by atoms with Crippen LogP contribution >= 0.6 is 11.6 Å². The molecule has 2 rings (SSSR count). The molecule has 0 unspecified atom stereocenters. The molecule has 0 aliphatic rings. The fourth-order valence-electron chi connectivity index (χ4n) is 1.14. The van der Waals surface area contributed by atoms with Crippen LogP contribution in [-0.2, 0) is 10.0 Å². The van der Waals surface area contributed by atoms with Crippen molar-refractivity contribution in [2.75, 3.05) is 0 Å². The molecule has 3 N–H and O–H groups in total. The maximum Gasteiger partial charge on any atom is 0.273 e. The Kier molecular flexibility index (Phi) is 2.86. The average Bonchev–Trinajstić information content (AvgIpc) is 2.70. The van der Waals surface area contributed by atoms with Crippen LogP contribution in [0.3, 0.4) is 0 Å². The fourth-order valence-corrected chi connectivity index (χ4v) is 1.71. The number of nitrogens with zero attached hydrogens (tertiary/aromatic N) is 2. The largest absolute Gasteiger partial charge is 0.273 e. The first-order valence-electron chi connectivity index (χ1n) is 4.28. The van der Waals surface area contributed by atoms with Gasteiger partial charge in [0.2, 0.25) is 0 Å². The van der Waals surface area contributed by atoms with E-state index in [0.717, 1.165) is 6.07 Å². The molecule has 0 amide bonds. The Balaban J connectivity index is 2.47. The summed E-state index contributed by atoms with van der Waals surface area (Å²) in [6.07, 6.45) is 0. The third kappa shape index (κ3) is 2.43. The summed E-state index contributed by atoms with van der Waals surface area (Å²) in [5, 5.41) is 10.1. The minimum absolute atomic E-state index is 0.0657. The number of aromatic nitrogens is 3. The lowest BCUT2D eigenvalue weighted by molar-refractivity contribution is 0.589. The zero-order valence-electron chi connectivity index (χ0n) is 8.18. The number of sulfonamides is 1. The molecule has 1 heterocycles. The molecule has 1 aromatic heterocycles. The van der Waals surface area contributed by atoms with Crippen molar-refractivity contribution in [2.45, 2.75) is 5.16 Å². The molecule has 17 heavy (non-hydrogen) atoms. The van der Waals surface area contributed by atoms with Gasteiger partial charge in [-0.2, -0.15) is 10.1 Å². The van der Waals surface area contributed by atoms with Gasteiger partial charge in [-0.3, -0.25) is 0 Å². The topological polar surface area (TPSA) is 102 Å². The molecule has 0 fully saturated rings.